The fourth-order valence-corrected chi connectivity index (χ4v) is 1.25. The van der Waals surface area contributed by atoms with Gasteiger partial charge in [0.05, 0.1) is 12.5 Å². The predicted octanol–water partition coefficient (Wildman–Crippen LogP) is -0.125. The second-order valence-electron chi connectivity index (χ2n) is 4.18. The Hall–Kier alpha value is -1.79. The summed E-state index contributed by atoms with van der Waals surface area (Å²) < 4.78 is 0. The van der Waals surface area contributed by atoms with Crippen LogP contribution in [0.5, 0.6) is 0 Å². The molecule has 0 aromatic carbocycles. The zero-order chi connectivity index (χ0) is 14.1. The van der Waals surface area contributed by atoms with E-state index in [1.54, 1.807) is 14.1 Å². The van der Waals surface area contributed by atoms with Gasteiger partial charge in [0.15, 0.2) is 0 Å². The third-order valence-electron chi connectivity index (χ3n) is 2.39. The van der Waals surface area contributed by atoms with Crippen molar-refractivity contribution in [1.82, 2.24) is 15.5 Å². The molecule has 0 aliphatic rings. The summed E-state index contributed by atoms with van der Waals surface area (Å²) in [6.45, 7) is 1.83. The molecule has 0 aliphatic carbocycles. The number of urea groups is 1. The van der Waals surface area contributed by atoms with E-state index in [1.165, 1.54) is 4.90 Å². The molecule has 1 atom stereocenters. The summed E-state index contributed by atoms with van der Waals surface area (Å²) in [6.07, 6.45) is 1.24. The Kier molecular flexibility index (Phi) is 7.50. The molecule has 1 unspecified atom stereocenters. The maximum atomic E-state index is 11.3. The number of nitrogens with zero attached hydrogens (tertiary/aromatic N) is 1. The van der Waals surface area contributed by atoms with E-state index in [0.29, 0.717) is 6.42 Å². The van der Waals surface area contributed by atoms with Crippen molar-refractivity contribution >= 4 is 17.9 Å². The number of carboxylic acids is 1. The number of aliphatic carboxylic acids is 1. The SMILES string of the molecule is CCCC(CNC(=O)NCC(=O)N(C)C)C(=O)O. The van der Waals surface area contributed by atoms with Crippen LogP contribution in [0.4, 0.5) is 4.79 Å². The van der Waals surface area contributed by atoms with Gasteiger partial charge >= 0.3 is 12.0 Å². The van der Waals surface area contributed by atoms with Crippen LogP contribution in [0.2, 0.25) is 0 Å². The van der Waals surface area contributed by atoms with Crippen LogP contribution in [0.15, 0.2) is 0 Å². The number of likely N-dealkylation sites (N-methyl/N-ethyl adjacent to an activating group) is 1. The lowest BCUT2D eigenvalue weighted by atomic mass is 10.0. The van der Waals surface area contributed by atoms with E-state index in [1.807, 2.05) is 6.92 Å². The third kappa shape index (κ3) is 6.72. The molecule has 0 saturated carbocycles. The van der Waals surface area contributed by atoms with Gasteiger partial charge in [0.1, 0.15) is 0 Å². The Morgan fingerprint density at radius 3 is 2.28 bits per heavy atom. The lowest BCUT2D eigenvalue weighted by Gasteiger charge is -2.14. The van der Waals surface area contributed by atoms with E-state index in [2.05, 4.69) is 10.6 Å². The maximum absolute atomic E-state index is 11.3. The van der Waals surface area contributed by atoms with Crippen molar-refractivity contribution in [3.05, 3.63) is 0 Å². The van der Waals surface area contributed by atoms with Crippen molar-refractivity contribution in [2.75, 3.05) is 27.2 Å². The molecule has 0 saturated heterocycles. The average Bonchev–Trinajstić information content (AvgIpc) is 2.30. The van der Waals surface area contributed by atoms with Gasteiger partial charge in [0.25, 0.3) is 0 Å². The van der Waals surface area contributed by atoms with Gasteiger partial charge in [-0.15, -0.1) is 0 Å². The Morgan fingerprint density at radius 2 is 1.83 bits per heavy atom. The van der Waals surface area contributed by atoms with Crippen molar-refractivity contribution in [1.29, 1.82) is 0 Å². The number of carboxylic acid groups (broad SMARTS) is 1. The largest absolute Gasteiger partial charge is 0.481 e. The van der Waals surface area contributed by atoms with Crippen molar-refractivity contribution in [3.8, 4) is 0 Å². The second-order valence-corrected chi connectivity index (χ2v) is 4.18. The van der Waals surface area contributed by atoms with Gasteiger partial charge < -0.3 is 20.6 Å². The number of carbonyl (C=O) groups excluding carboxylic acids is 2. The highest BCUT2D eigenvalue weighted by Crippen LogP contribution is 2.04. The molecule has 0 rings (SSSR count). The fourth-order valence-electron chi connectivity index (χ4n) is 1.25. The molecule has 0 aromatic rings. The van der Waals surface area contributed by atoms with Gasteiger partial charge in [-0.2, -0.15) is 0 Å². The normalized spacial score (nSPS) is 11.5. The number of hydrogen-bond donors (Lipinski definition) is 3. The first kappa shape index (κ1) is 16.2. The molecule has 0 bridgehead atoms. The Labute approximate surface area is 107 Å². The van der Waals surface area contributed by atoms with Crippen LogP contribution in [0.3, 0.4) is 0 Å². The minimum atomic E-state index is -0.929. The zero-order valence-corrected chi connectivity index (χ0v) is 11.0. The molecule has 7 nitrogen and oxygen atoms in total. The quantitative estimate of drug-likeness (QED) is 0.593. The van der Waals surface area contributed by atoms with E-state index < -0.39 is 17.9 Å². The standard InChI is InChI=1S/C11H21N3O4/c1-4-5-8(10(16)17)6-12-11(18)13-7-9(15)14(2)3/h8H,4-7H2,1-3H3,(H,16,17)(H2,12,13,18). The van der Waals surface area contributed by atoms with Gasteiger partial charge in [-0.25, -0.2) is 4.79 Å². The molecule has 3 N–H and O–H groups in total. The smallest absolute Gasteiger partial charge is 0.315 e. The molecule has 3 amide bonds. The number of rotatable bonds is 7. The first-order chi connectivity index (χ1) is 8.38. The number of hydrogen-bond acceptors (Lipinski definition) is 3. The highest BCUT2D eigenvalue weighted by molar-refractivity contribution is 5.83. The first-order valence-electron chi connectivity index (χ1n) is 5.83. The van der Waals surface area contributed by atoms with Crippen LogP contribution < -0.4 is 10.6 Å². The molecule has 0 radical (unpaired) electrons. The van der Waals surface area contributed by atoms with Crippen LogP contribution in [0.25, 0.3) is 0 Å². The lowest BCUT2D eigenvalue weighted by Crippen LogP contribution is -2.43. The number of amides is 3. The fraction of sp³-hybridized carbons (Fsp3) is 0.727. The molecule has 0 spiro atoms. The summed E-state index contributed by atoms with van der Waals surface area (Å²) in [4.78, 5) is 34.7. The third-order valence-corrected chi connectivity index (χ3v) is 2.39. The second kappa shape index (κ2) is 8.32. The number of carbonyl (C=O) groups is 3. The van der Waals surface area contributed by atoms with E-state index in [4.69, 9.17) is 5.11 Å². The Balaban J connectivity index is 3.94. The summed E-state index contributed by atoms with van der Waals surface area (Å²) in [7, 11) is 3.17. The minimum absolute atomic E-state index is 0.0607. The van der Waals surface area contributed by atoms with Crippen molar-refractivity contribution in [2.45, 2.75) is 19.8 Å². The summed E-state index contributed by atoms with van der Waals surface area (Å²) in [5, 5.41) is 13.7. The highest BCUT2D eigenvalue weighted by atomic mass is 16.4. The van der Waals surface area contributed by atoms with Gasteiger partial charge in [0, 0.05) is 20.6 Å². The molecule has 0 fully saturated rings. The summed E-state index contributed by atoms with van der Waals surface area (Å²) >= 11 is 0. The molecule has 0 aliphatic heterocycles. The van der Waals surface area contributed by atoms with Gasteiger partial charge in [-0.05, 0) is 6.42 Å². The van der Waals surface area contributed by atoms with Crippen molar-refractivity contribution < 1.29 is 19.5 Å². The Bertz CT molecular complexity index is 305. The van der Waals surface area contributed by atoms with Crippen LogP contribution >= 0.6 is 0 Å². The summed E-state index contributed by atoms with van der Waals surface area (Å²) in [6, 6.07) is -0.535. The molecular weight excluding hydrogens is 238 g/mol. The van der Waals surface area contributed by atoms with Crippen LogP contribution in [0.1, 0.15) is 19.8 Å². The van der Waals surface area contributed by atoms with Gasteiger partial charge in [-0.3, -0.25) is 9.59 Å². The zero-order valence-electron chi connectivity index (χ0n) is 11.0. The monoisotopic (exact) mass is 259 g/mol. The van der Waals surface area contributed by atoms with E-state index in [-0.39, 0.29) is 19.0 Å². The summed E-state index contributed by atoms with van der Waals surface area (Å²) in [5.41, 5.74) is 0. The Morgan fingerprint density at radius 1 is 1.22 bits per heavy atom. The topological polar surface area (TPSA) is 98.7 Å². The lowest BCUT2D eigenvalue weighted by molar-refractivity contribution is -0.141. The van der Waals surface area contributed by atoms with Crippen LogP contribution in [-0.4, -0.2) is 55.1 Å². The van der Waals surface area contributed by atoms with E-state index >= 15 is 0 Å². The molecular formula is C11H21N3O4. The van der Waals surface area contributed by atoms with Crippen molar-refractivity contribution in [3.63, 3.8) is 0 Å². The molecule has 0 aromatic heterocycles. The van der Waals surface area contributed by atoms with Crippen molar-refractivity contribution in [2.24, 2.45) is 5.92 Å². The average molecular weight is 259 g/mol. The van der Waals surface area contributed by atoms with Gasteiger partial charge in [0.2, 0.25) is 5.91 Å². The predicted molar refractivity (Wildman–Crippen MR) is 66.1 cm³/mol. The minimum Gasteiger partial charge on any atom is -0.481 e. The number of nitrogens with one attached hydrogen (secondary N) is 2. The summed E-state index contributed by atoms with van der Waals surface area (Å²) in [5.74, 6) is -1.75. The molecule has 18 heavy (non-hydrogen) atoms. The molecule has 7 heteroatoms. The van der Waals surface area contributed by atoms with E-state index in [9.17, 15) is 14.4 Å². The van der Waals surface area contributed by atoms with Gasteiger partial charge in [-0.1, -0.05) is 13.3 Å². The van der Waals surface area contributed by atoms with Crippen LogP contribution in [0, 0.1) is 5.92 Å². The molecule has 0 heterocycles. The first-order valence-corrected chi connectivity index (χ1v) is 5.83. The maximum Gasteiger partial charge on any atom is 0.315 e. The van der Waals surface area contributed by atoms with Crippen LogP contribution in [-0.2, 0) is 9.59 Å². The highest BCUT2D eigenvalue weighted by Gasteiger charge is 2.17. The molecule has 104 valence electrons. The van der Waals surface area contributed by atoms with E-state index in [0.717, 1.165) is 6.42 Å².